The summed E-state index contributed by atoms with van der Waals surface area (Å²) < 4.78 is 42.3. The lowest BCUT2D eigenvalue weighted by Crippen LogP contribution is -2.07. The molecule has 0 radical (unpaired) electrons. The molecule has 66 valence electrons. The van der Waals surface area contributed by atoms with Gasteiger partial charge in [0.1, 0.15) is 0 Å². The molecule has 0 bridgehead atoms. The fraction of sp³-hybridized carbons (Fsp3) is 0. The summed E-state index contributed by atoms with van der Waals surface area (Å²) >= 11 is 0. The summed E-state index contributed by atoms with van der Waals surface area (Å²) in [5, 5.41) is 0. The van der Waals surface area contributed by atoms with Crippen molar-refractivity contribution in [3.8, 4) is 0 Å². The van der Waals surface area contributed by atoms with E-state index < -0.39 is 19.0 Å². The Balaban J connectivity index is 3.26. The predicted molar refractivity (Wildman–Crippen MR) is 42.5 cm³/mol. The highest BCUT2D eigenvalue weighted by atomic mass is 33.2. The molecule has 1 aromatic carbocycles. The minimum atomic E-state index is -4.16. The zero-order chi connectivity index (χ0) is 9.19. The van der Waals surface area contributed by atoms with Gasteiger partial charge in [0, 0.05) is 0 Å². The van der Waals surface area contributed by atoms with Crippen molar-refractivity contribution in [1.82, 2.24) is 0 Å². The highest BCUT2D eigenvalue weighted by molar-refractivity contribution is 8.61. The zero-order valence-electron chi connectivity index (χ0n) is 5.84. The van der Waals surface area contributed by atoms with Crippen LogP contribution in [0.2, 0.25) is 0 Å². The monoisotopic (exact) mass is 205 g/mol. The minimum Gasteiger partial charge on any atom is -0.760 e. The Hall–Kier alpha value is -0.720. The van der Waals surface area contributed by atoms with E-state index in [0.717, 1.165) is 0 Å². The maximum absolute atomic E-state index is 10.9. The second kappa shape index (κ2) is 3.34. The van der Waals surface area contributed by atoms with E-state index in [4.69, 9.17) is 0 Å². The molecule has 0 aliphatic rings. The molecule has 4 nitrogen and oxygen atoms in total. The van der Waals surface area contributed by atoms with Crippen molar-refractivity contribution >= 4 is 19.0 Å². The van der Waals surface area contributed by atoms with Crippen LogP contribution in [0.25, 0.3) is 0 Å². The van der Waals surface area contributed by atoms with E-state index >= 15 is 0 Å². The van der Waals surface area contributed by atoms with E-state index in [1.54, 1.807) is 6.07 Å². The summed E-state index contributed by atoms with van der Waals surface area (Å²) in [7, 11) is -7.26. The van der Waals surface area contributed by atoms with Crippen molar-refractivity contribution in [3.63, 3.8) is 0 Å². The van der Waals surface area contributed by atoms with Gasteiger partial charge in [0.2, 0.25) is 8.87 Å². The summed E-state index contributed by atoms with van der Waals surface area (Å²) in [6, 6.07) is 6.97. The molecule has 6 heteroatoms. The van der Waals surface area contributed by atoms with Crippen molar-refractivity contribution in [2.75, 3.05) is 0 Å². The Kier molecular flexibility index (Phi) is 2.61. The number of rotatable bonds is 2. The van der Waals surface area contributed by atoms with Gasteiger partial charge in [-0.3, -0.25) is 4.21 Å². The molecule has 1 rings (SSSR count). The molecule has 0 aromatic heterocycles. The summed E-state index contributed by atoms with van der Waals surface area (Å²) in [4.78, 5) is -0.210. The first kappa shape index (κ1) is 9.37. The summed E-state index contributed by atoms with van der Waals surface area (Å²) in [6.07, 6.45) is 0. The van der Waals surface area contributed by atoms with E-state index in [0.29, 0.717) is 0 Å². The van der Waals surface area contributed by atoms with Gasteiger partial charge in [-0.15, -0.1) is 0 Å². The number of hydrogen-bond acceptors (Lipinski definition) is 4. The fourth-order valence-electron chi connectivity index (χ4n) is 0.666. The van der Waals surface area contributed by atoms with Gasteiger partial charge in [-0.1, -0.05) is 18.2 Å². The van der Waals surface area contributed by atoms with Gasteiger partial charge in [0.05, 0.1) is 15.0 Å². The van der Waals surface area contributed by atoms with Crippen molar-refractivity contribution in [2.45, 2.75) is 4.90 Å². The summed E-state index contributed by atoms with van der Waals surface area (Å²) in [5.41, 5.74) is 0. The van der Waals surface area contributed by atoms with Crippen LogP contribution < -0.4 is 0 Å². The lowest BCUT2D eigenvalue weighted by molar-refractivity contribution is 0.540. The second-order valence-electron chi connectivity index (χ2n) is 1.97. The van der Waals surface area contributed by atoms with Crippen molar-refractivity contribution in [2.24, 2.45) is 0 Å². The first-order valence-electron chi connectivity index (χ1n) is 2.95. The van der Waals surface area contributed by atoms with E-state index in [-0.39, 0.29) is 4.90 Å². The van der Waals surface area contributed by atoms with Crippen molar-refractivity contribution in [3.05, 3.63) is 30.3 Å². The zero-order valence-corrected chi connectivity index (χ0v) is 7.47. The Morgan fingerprint density at radius 1 is 1.17 bits per heavy atom. The van der Waals surface area contributed by atoms with Crippen molar-refractivity contribution < 1.29 is 17.2 Å². The molecule has 12 heavy (non-hydrogen) atoms. The quantitative estimate of drug-likeness (QED) is 0.512. The third-order valence-corrected chi connectivity index (χ3v) is 4.07. The average Bonchev–Trinajstić information content (AvgIpc) is 2.06. The van der Waals surface area contributed by atoms with Gasteiger partial charge < -0.3 is 4.55 Å². The smallest absolute Gasteiger partial charge is 0.245 e. The molecule has 0 spiro atoms. The predicted octanol–water partition coefficient (Wildman–Crippen LogP) is 0.254. The minimum absolute atomic E-state index is 0.210. The topological polar surface area (TPSA) is 74.3 Å². The van der Waals surface area contributed by atoms with Gasteiger partial charge in [0.15, 0.2) is 0 Å². The maximum Gasteiger partial charge on any atom is 0.245 e. The molecule has 0 aliphatic heterocycles. The van der Waals surface area contributed by atoms with Crippen LogP contribution in [0.3, 0.4) is 0 Å². The van der Waals surface area contributed by atoms with Crippen LogP contribution in [0, 0.1) is 0 Å². The fourth-order valence-corrected chi connectivity index (χ4v) is 2.12. The highest BCUT2D eigenvalue weighted by Gasteiger charge is 2.13. The number of hydrogen-bond donors (Lipinski definition) is 0. The SMILES string of the molecule is O=S([O-])S(=O)(=O)c1ccccc1. The Morgan fingerprint density at radius 2 is 1.67 bits per heavy atom. The van der Waals surface area contributed by atoms with Gasteiger partial charge in [-0.25, -0.2) is 8.42 Å². The largest absolute Gasteiger partial charge is 0.760 e. The first-order chi connectivity index (χ1) is 5.55. The van der Waals surface area contributed by atoms with Crippen LogP contribution in [0.15, 0.2) is 35.2 Å². The molecule has 0 N–H and O–H groups in total. The van der Waals surface area contributed by atoms with Crippen LogP contribution >= 0.6 is 0 Å². The van der Waals surface area contributed by atoms with Gasteiger partial charge >= 0.3 is 0 Å². The van der Waals surface area contributed by atoms with E-state index in [9.17, 15) is 17.2 Å². The molecular weight excluding hydrogens is 200 g/mol. The van der Waals surface area contributed by atoms with Crippen LogP contribution in [0.4, 0.5) is 0 Å². The van der Waals surface area contributed by atoms with Crippen LogP contribution in [0.5, 0.6) is 0 Å². The molecule has 1 atom stereocenters. The average molecular weight is 205 g/mol. The third-order valence-electron chi connectivity index (χ3n) is 1.21. The van der Waals surface area contributed by atoms with Crippen molar-refractivity contribution in [1.29, 1.82) is 0 Å². The van der Waals surface area contributed by atoms with Crippen LogP contribution in [0.1, 0.15) is 0 Å². The molecule has 1 aromatic rings. The van der Waals surface area contributed by atoms with Gasteiger partial charge in [-0.05, 0) is 12.1 Å². The molecule has 0 saturated heterocycles. The maximum atomic E-state index is 10.9. The summed E-state index contributed by atoms with van der Waals surface area (Å²) in [6.45, 7) is 0. The van der Waals surface area contributed by atoms with Gasteiger partial charge in [0.25, 0.3) is 0 Å². The third kappa shape index (κ3) is 1.71. The molecular formula is C6H5O4S2-. The molecule has 1 unspecified atom stereocenters. The Bertz CT molecular complexity index is 381. The normalized spacial score (nSPS) is 14.1. The lowest BCUT2D eigenvalue weighted by atomic mass is 10.4. The van der Waals surface area contributed by atoms with E-state index in [1.165, 1.54) is 24.3 Å². The molecule has 0 heterocycles. The van der Waals surface area contributed by atoms with E-state index in [1.807, 2.05) is 0 Å². The molecule has 0 saturated carbocycles. The Labute approximate surface area is 71.8 Å². The van der Waals surface area contributed by atoms with E-state index in [2.05, 4.69) is 0 Å². The highest BCUT2D eigenvalue weighted by Crippen LogP contribution is 2.11. The molecule has 0 fully saturated rings. The molecule has 0 aliphatic carbocycles. The standard InChI is InChI=1S/C6H6O4S2/c7-11(8)12(9,10)6-4-2-1-3-5-6/h1-5H,(H,7,8)/p-1. The number of benzene rings is 1. The van der Waals surface area contributed by atoms with Crippen LogP contribution in [-0.2, 0) is 19.0 Å². The Morgan fingerprint density at radius 3 is 2.08 bits per heavy atom. The molecule has 0 amide bonds. The summed E-state index contributed by atoms with van der Waals surface area (Å²) in [5.74, 6) is 0. The lowest BCUT2D eigenvalue weighted by Gasteiger charge is -2.05. The van der Waals surface area contributed by atoms with Crippen LogP contribution in [-0.4, -0.2) is 17.2 Å². The van der Waals surface area contributed by atoms with Gasteiger partial charge in [-0.2, -0.15) is 0 Å². The first-order valence-corrected chi connectivity index (χ1v) is 6.02. The second-order valence-corrected chi connectivity index (χ2v) is 5.89.